The average Bonchev–Trinajstić information content (AvgIpc) is 2.89. The second kappa shape index (κ2) is 8.19. The maximum atomic E-state index is 13.1. The summed E-state index contributed by atoms with van der Waals surface area (Å²) in [6.07, 6.45) is 4.92. The third-order valence-corrected chi connectivity index (χ3v) is 6.15. The zero-order valence-corrected chi connectivity index (χ0v) is 17.4. The lowest BCUT2D eigenvalue weighted by Gasteiger charge is -2.36. The number of amides is 1. The molecule has 31 heavy (non-hydrogen) atoms. The van der Waals surface area contributed by atoms with E-state index < -0.39 is 17.3 Å². The summed E-state index contributed by atoms with van der Waals surface area (Å²) in [5, 5.41) is 13.5. The van der Waals surface area contributed by atoms with Crippen LogP contribution in [0.3, 0.4) is 0 Å². The van der Waals surface area contributed by atoms with Crippen LogP contribution in [-0.2, 0) is 11.0 Å². The molecule has 7 heteroatoms. The fourth-order valence-corrected chi connectivity index (χ4v) is 4.53. The van der Waals surface area contributed by atoms with Gasteiger partial charge in [-0.2, -0.15) is 13.2 Å². The first-order valence-electron chi connectivity index (χ1n) is 10.6. The lowest BCUT2D eigenvalue weighted by Crippen LogP contribution is -2.41. The van der Waals surface area contributed by atoms with Gasteiger partial charge in [-0.25, -0.2) is 0 Å². The number of halogens is 3. The van der Waals surface area contributed by atoms with Crippen molar-refractivity contribution in [2.45, 2.75) is 63.3 Å². The number of fused-ring (bicyclic) bond motifs is 1. The molecule has 1 aliphatic heterocycles. The molecule has 0 aromatic heterocycles. The Morgan fingerprint density at radius 2 is 2.13 bits per heavy atom. The summed E-state index contributed by atoms with van der Waals surface area (Å²) in [6, 6.07) is 3.21. The normalized spacial score (nSPS) is 27.3. The largest absolute Gasteiger partial charge is 0.493 e. The van der Waals surface area contributed by atoms with Gasteiger partial charge in [0.25, 0.3) is 0 Å². The summed E-state index contributed by atoms with van der Waals surface area (Å²) >= 11 is 0. The summed E-state index contributed by atoms with van der Waals surface area (Å²) in [4.78, 5) is 12.8. The minimum atomic E-state index is -4.45. The van der Waals surface area contributed by atoms with Crippen molar-refractivity contribution in [3.05, 3.63) is 58.7 Å². The Balaban J connectivity index is 1.56. The fraction of sp³-hybridized carbons (Fsp3) is 0.458. The van der Waals surface area contributed by atoms with Crippen LogP contribution in [0.15, 0.2) is 47.6 Å². The number of rotatable bonds is 2. The number of hydrogen-bond acceptors (Lipinski definition) is 3. The molecule has 0 saturated carbocycles. The number of benzene rings is 1. The molecule has 1 amide bonds. The molecule has 0 radical (unpaired) electrons. The van der Waals surface area contributed by atoms with Crippen LogP contribution in [0.25, 0.3) is 5.57 Å². The van der Waals surface area contributed by atoms with E-state index in [-0.39, 0.29) is 17.7 Å². The Kier molecular flexibility index (Phi) is 5.73. The number of carbonyl (C=O) groups excluding carboxylic acids is 1. The van der Waals surface area contributed by atoms with Crippen molar-refractivity contribution < 1.29 is 27.8 Å². The highest BCUT2D eigenvalue weighted by molar-refractivity contribution is 5.96. The van der Waals surface area contributed by atoms with Gasteiger partial charge in [-0.15, -0.1) is 0 Å². The number of ether oxygens (including phenoxy) is 1. The second-order valence-electron chi connectivity index (χ2n) is 8.75. The van der Waals surface area contributed by atoms with E-state index in [0.717, 1.165) is 24.1 Å². The Morgan fingerprint density at radius 1 is 1.32 bits per heavy atom. The van der Waals surface area contributed by atoms with E-state index in [0.29, 0.717) is 49.8 Å². The van der Waals surface area contributed by atoms with Crippen LogP contribution in [0.2, 0.25) is 0 Å². The van der Waals surface area contributed by atoms with E-state index >= 15 is 0 Å². The molecule has 2 unspecified atom stereocenters. The number of nitrogens with one attached hydrogen (secondary N) is 1. The number of aliphatic hydroxyl groups is 1. The molecule has 0 fully saturated rings. The van der Waals surface area contributed by atoms with Gasteiger partial charge in [0.05, 0.1) is 23.8 Å². The Bertz CT molecular complexity index is 973. The number of hydrogen-bond donors (Lipinski definition) is 2. The zero-order chi connectivity index (χ0) is 22.2. The predicted octanol–water partition coefficient (Wildman–Crippen LogP) is 4.94. The standard InChI is InChI=1S/C24H26F3NO3/c1-23(30)10-9-15-4-2-6-20(19(15)14-23)28-22(29)12-16-5-3-11-31-21-13-17(24(25,26)27)7-8-18(16)21/h2,4,7-8,12-13,20,30H,3,5-6,9-11,14H2,1H3,(H,28,29)/b16-12+. The van der Waals surface area contributed by atoms with Crippen LogP contribution in [0.4, 0.5) is 13.2 Å². The van der Waals surface area contributed by atoms with Gasteiger partial charge in [0.15, 0.2) is 0 Å². The van der Waals surface area contributed by atoms with Crippen molar-refractivity contribution in [3.8, 4) is 5.75 Å². The lowest BCUT2D eigenvalue weighted by molar-refractivity contribution is -0.137. The maximum absolute atomic E-state index is 13.1. The van der Waals surface area contributed by atoms with Gasteiger partial charge in [-0.3, -0.25) is 4.79 Å². The summed E-state index contributed by atoms with van der Waals surface area (Å²) in [6.45, 7) is 2.11. The molecule has 1 aromatic rings. The first-order chi connectivity index (χ1) is 14.6. The third kappa shape index (κ3) is 4.87. The third-order valence-electron chi connectivity index (χ3n) is 6.15. The fourth-order valence-electron chi connectivity index (χ4n) is 4.53. The van der Waals surface area contributed by atoms with E-state index in [2.05, 4.69) is 11.4 Å². The molecule has 1 aromatic carbocycles. The molecular weight excluding hydrogens is 407 g/mol. The average molecular weight is 433 g/mol. The molecule has 1 heterocycles. The smallest absolute Gasteiger partial charge is 0.416 e. The van der Waals surface area contributed by atoms with Crippen molar-refractivity contribution in [2.24, 2.45) is 0 Å². The van der Waals surface area contributed by atoms with Crippen LogP contribution < -0.4 is 10.1 Å². The van der Waals surface area contributed by atoms with E-state index in [4.69, 9.17) is 4.74 Å². The summed E-state index contributed by atoms with van der Waals surface area (Å²) in [7, 11) is 0. The second-order valence-corrected chi connectivity index (χ2v) is 8.75. The number of carbonyl (C=O) groups is 1. The van der Waals surface area contributed by atoms with Crippen LogP contribution in [0, 0.1) is 0 Å². The van der Waals surface area contributed by atoms with Gasteiger partial charge in [-0.1, -0.05) is 18.2 Å². The van der Waals surface area contributed by atoms with Crippen molar-refractivity contribution in [2.75, 3.05) is 6.61 Å². The highest BCUT2D eigenvalue weighted by Crippen LogP contribution is 2.39. The van der Waals surface area contributed by atoms with E-state index in [1.807, 2.05) is 13.0 Å². The first kappa shape index (κ1) is 21.7. The SMILES string of the molecule is CC1(O)CCC2=C(C1)C(NC(=O)/C=C1\CCCOc3cc(C(F)(F)F)ccc31)CC=C2. The van der Waals surface area contributed by atoms with Crippen LogP contribution >= 0.6 is 0 Å². The Labute approximate surface area is 179 Å². The number of alkyl halides is 3. The molecule has 3 aliphatic rings. The quantitative estimate of drug-likeness (QED) is 0.650. The summed E-state index contributed by atoms with van der Waals surface area (Å²) in [5.74, 6) is -0.139. The molecule has 166 valence electrons. The molecule has 4 rings (SSSR count). The van der Waals surface area contributed by atoms with Crippen molar-refractivity contribution in [1.82, 2.24) is 5.32 Å². The highest BCUT2D eigenvalue weighted by Gasteiger charge is 2.34. The zero-order valence-electron chi connectivity index (χ0n) is 17.4. The van der Waals surface area contributed by atoms with Crippen molar-refractivity contribution in [1.29, 1.82) is 0 Å². The van der Waals surface area contributed by atoms with Crippen LogP contribution in [0.5, 0.6) is 5.75 Å². The van der Waals surface area contributed by atoms with Crippen LogP contribution in [-0.4, -0.2) is 29.3 Å². The van der Waals surface area contributed by atoms with Gasteiger partial charge in [0.1, 0.15) is 5.75 Å². The predicted molar refractivity (Wildman–Crippen MR) is 111 cm³/mol. The molecule has 2 atom stereocenters. The molecule has 0 saturated heterocycles. The topological polar surface area (TPSA) is 58.6 Å². The molecule has 4 nitrogen and oxygen atoms in total. The first-order valence-corrected chi connectivity index (χ1v) is 10.6. The van der Waals surface area contributed by atoms with Crippen molar-refractivity contribution in [3.63, 3.8) is 0 Å². The van der Waals surface area contributed by atoms with E-state index in [9.17, 15) is 23.1 Å². The summed E-state index contributed by atoms with van der Waals surface area (Å²) in [5.41, 5.74) is 1.86. The van der Waals surface area contributed by atoms with E-state index in [1.165, 1.54) is 17.7 Å². The van der Waals surface area contributed by atoms with Gasteiger partial charge in [-0.05, 0) is 74.3 Å². The van der Waals surface area contributed by atoms with Gasteiger partial charge >= 0.3 is 6.18 Å². The minimum absolute atomic E-state index is 0.153. The summed E-state index contributed by atoms with van der Waals surface area (Å²) < 4.78 is 44.7. The number of allylic oxidation sites excluding steroid dienone is 3. The molecule has 0 bridgehead atoms. The lowest BCUT2D eigenvalue weighted by atomic mass is 9.76. The van der Waals surface area contributed by atoms with Gasteiger partial charge in [0.2, 0.25) is 5.91 Å². The monoisotopic (exact) mass is 433 g/mol. The molecular formula is C24H26F3NO3. The molecule has 2 aliphatic carbocycles. The Morgan fingerprint density at radius 3 is 2.90 bits per heavy atom. The van der Waals surface area contributed by atoms with Gasteiger partial charge in [0, 0.05) is 11.6 Å². The Hall–Kier alpha value is -2.54. The van der Waals surface area contributed by atoms with E-state index in [1.54, 1.807) is 0 Å². The van der Waals surface area contributed by atoms with Crippen LogP contribution in [0.1, 0.15) is 56.6 Å². The highest BCUT2D eigenvalue weighted by atomic mass is 19.4. The molecule has 2 N–H and O–H groups in total. The van der Waals surface area contributed by atoms with Gasteiger partial charge < -0.3 is 15.2 Å². The maximum Gasteiger partial charge on any atom is 0.416 e. The molecule has 0 spiro atoms. The van der Waals surface area contributed by atoms with Crippen molar-refractivity contribution >= 4 is 11.5 Å². The minimum Gasteiger partial charge on any atom is -0.493 e.